The molecule has 2 heterocycles. The van der Waals surface area contributed by atoms with Gasteiger partial charge in [0.25, 0.3) is 11.8 Å². The molecule has 148 valence electrons. The van der Waals surface area contributed by atoms with E-state index in [1.807, 2.05) is 31.2 Å². The molecular weight excluding hydrogens is 383 g/mol. The molecule has 1 aliphatic rings. The summed E-state index contributed by atoms with van der Waals surface area (Å²) in [6, 6.07) is 16.7. The summed E-state index contributed by atoms with van der Waals surface area (Å²) < 4.78 is 18.8. The Morgan fingerprint density at radius 3 is 2.77 bits per heavy atom. The van der Waals surface area contributed by atoms with E-state index in [-0.39, 0.29) is 11.9 Å². The van der Waals surface area contributed by atoms with Crippen molar-refractivity contribution in [3.05, 3.63) is 101 Å². The summed E-state index contributed by atoms with van der Waals surface area (Å²) in [4.78, 5) is 25.6. The van der Waals surface area contributed by atoms with Crippen molar-refractivity contribution in [1.82, 2.24) is 5.32 Å². The highest BCUT2D eigenvalue weighted by Gasteiger charge is 2.33. The fourth-order valence-electron chi connectivity index (χ4n) is 3.98. The monoisotopic (exact) mass is 400 g/mol. The number of amides is 2. The lowest BCUT2D eigenvalue weighted by Gasteiger charge is -2.18. The average Bonchev–Trinajstić information content (AvgIpc) is 3.30. The number of anilines is 1. The van der Waals surface area contributed by atoms with Gasteiger partial charge >= 0.3 is 0 Å². The van der Waals surface area contributed by atoms with Gasteiger partial charge in [-0.15, -0.1) is 0 Å². The maximum atomic E-state index is 13.4. The highest BCUT2D eigenvalue weighted by atomic mass is 19.1. The smallest absolute Gasteiger partial charge is 0.259 e. The summed E-state index contributed by atoms with van der Waals surface area (Å²) in [5.41, 5.74) is 4.40. The van der Waals surface area contributed by atoms with Gasteiger partial charge in [-0.3, -0.25) is 9.59 Å². The highest BCUT2D eigenvalue weighted by Crippen LogP contribution is 2.37. The summed E-state index contributed by atoms with van der Waals surface area (Å²) in [7, 11) is 0. The minimum absolute atomic E-state index is 0.182. The summed E-state index contributed by atoms with van der Waals surface area (Å²) >= 11 is 0. The van der Waals surface area contributed by atoms with Gasteiger partial charge in [-0.25, -0.2) is 4.39 Å². The Bertz CT molecular complexity index is 1330. The minimum atomic E-state index is -0.435. The zero-order valence-corrected chi connectivity index (χ0v) is 16.0. The van der Waals surface area contributed by atoms with Gasteiger partial charge in [0, 0.05) is 28.3 Å². The molecule has 4 aromatic rings. The van der Waals surface area contributed by atoms with Crippen molar-refractivity contribution in [2.45, 2.75) is 13.0 Å². The Hall–Kier alpha value is -3.93. The molecule has 0 bridgehead atoms. The summed E-state index contributed by atoms with van der Waals surface area (Å²) in [6.45, 7) is 1.98. The zero-order valence-electron chi connectivity index (χ0n) is 16.0. The average molecular weight is 400 g/mol. The maximum Gasteiger partial charge on any atom is 0.259 e. The van der Waals surface area contributed by atoms with Crippen LogP contribution in [0.2, 0.25) is 0 Å². The van der Waals surface area contributed by atoms with Crippen LogP contribution in [0.1, 0.15) is 43.4 Å². The van der Waals surface area contributed by atoms with Crippen LogP contribution < -0.4 is 10.6 Å². The van der Waals surface area contributed by atoms with Crippen LogP contribution in [-0.2, 0) is 0 Å². The summed E-state index contributed by atoms with van der Waals surface area (Å²) in [5, 5.41) is 6.44. The quantitative estimate of drug-likeness (QED) is 0.510. The normalized spacial score (nSPS) is 15.1. The van der Waals surface area contributed by atoms with E-state index in [4.69, 9.17) is 4.42 Å². The number of furan rings is 1. The van der Waals surface area contributed by atoms with Crippen molar-refractivity contribution in [2.75, 3.05) is 5.32 Å². The first kappa shape index (κ1) is 18.1. The van der Waals surface area contributed by atoms with Crippen molar-refractivity contribution in [3.63, 3.8) is 0 Å². The topological polar surface area (TPSA) is 71.3 Å². The summed E-state index contributed by atoms with van der Waals surface area (Å²) in [5.74, 6) is -1.01. The molecule has 0 spiro atoms. The fraction of sp³-hybridized carbons (Fsp3) is 0.0833. The SMILES string of the molecule is Cc1ccccc1C1NC(=O)c2cccc(NC(=O)c3coc4cc(F)ccc34)c21. The van der Waals surface area contributed by atoms with Crippen molar-refractivity contribution >= 4 is 28.5 Å². The molecule has 3 aromatic carbocycles. The van der Waals surface area contributed by atoms with Gasteiger partial charge in [0.1, 0.15) is 17.7 Å². The van der Waals surface area contributed by atoms with Crippen molar-refractivity contribution in [2.24, 2.45) is 0 Å². The molecule has 0 saturated carbocycles. The van der Waals surface area contributed by atoms with Crippen LogP contribution in [0, 0.1) is 12.7 Å². The Balaban J connectivity index is 1.56. The third kappa shape index (κ3) is 2.85. The van der Waals surface area contributed by atoms with E-state index in [2.05, 4.69) is 10.6 Å². The van der Waals surface area contributed by atoms with E-state index in [0.717, 1.165) is 16.7 Å². The first-order valence-corrected chi connectivity index (χ1v) is 9.50. The second-order valence-electron chi connectivity index (χ2n) is 7.27. The Morgan fingerprint density at radius 2 is 1.93 bits per heavy atom. The molecule has 1 aliphatic heterocycles. The molecule has 2 N–H and O–H groups in total. The van der Waals surface area contributed by atoms with Crippen molar-refractivity contribution < 1.29 is 18.4 Å². The van der Waals surface area contributed by atoms with Crippen LogP contribution >= 0.6 is 0 Å². The van der Waals surface area contributed by atoms with Crippen LogP contribution in [0.3, 0.4) is 0 Å². The van der Waals surface area contributed by atoms with Gasteiger partial charge in [-0.2, -0.15) is 0 Å². The lowest BCUT2D eigenvalue weighted by molar-refractivity contribution is 0.0959. The first-order chi connectivity index (χ1) is 14.5. The minimum Gasteiger partial charge on any atom is -0.463 e. The number of carbonyl (C=O) groups is 2. The number of rotatable bonds is 3. The molecule has 6 heteroatoms. The molecular formula is C24H17FN2O3. The van der Waals surface area contributed by atoms with E-state index in [9.17, 15) is 14.0 Å². The summed E-state index contributed by atoms with van der Waals surface area (Å²) in [6.07, 6.45) is 1.31. The predicted octanol–water partition coefficient (Wildman–Crippen LogP) is 4.97. The number of nitrogens with one attached hydrogen (secondary N) is 2. The fourth-order valence-corrected chi connectivity index (χ4v) is 3.98. The third-order valence-electron chi connectivity index (χ3n) is 5.44. The van der Waals surface area contributed by atoms with E-state index < -0.39 is 11.7 Å². The second kappa shape index (κ2) is 6.84. The van der Waals surface area contributed by atoms with Gasteiger partial charge in [-0.05, 0) is 42.3 Å². The number of hydrogen-bond acceptors (Lipinski definition) is 3. The molecule has 2 amide bonds. The van der Waals surface area contributed by atoms with Crippen LogP contribution in [0.25, 0.3) is 11.0 Å². The third-order valence-corrected chi connectivity index (χ3v) is 5.44. The standard InChI is InChI=1S/C24H17FN2O3/c1-13-5-2-3-6-15(13)22-21-17(23(28)27-22)7-4-8-19(21)26-24(29)18-12-30-20-11-14(25)9-10-16(18)20/h2-12,22H,1H3,(H,26,29)(H,27,28). The van der Waals surface area contributed by atoms with Gasteiger partial charge in [0.2, 0.25) is 0 Å². The first-order valence-electron chi connectivity index (χ1n) is 9.50. The molecule has 1 unspecified atom stereocenters. The molecule has 0 saturated heterocycles. The number of benzene rings is 3. The number of hydrogen-bond donors (Lipinski definition) is 2. The van der Waals surface area contributed by atoms with Crippen LogP contribution in [-0.4, -0.2) is 11.8 Å². The zero-order chi connectivity index (χ0) is 20.8. The maximum absolute atomic E-state index is 13.4. The van der Waals surface area contributed by atoms with E-state index in [0.29, 0.717) is 27.8 Å². The molecule has 0 aliphatic carbocycles. The molecule has 0 radical (unpaired) electrons. The lowest BCUT2D eigenvalue weighted by Crippen LogP contribution is -2.21. The predicted molar refractivity (Wildman–Crippen MR) is 111 cm³/mol. The van der Waals surface area contributed by atoms with Gasteiger partial charge in [0.05, 0.1) is 11.6 Å². The highest BCUT2D eigenvalue weighted by molar-refractivity contribution is 6.13. The van der Waals surface area contributed by atoms with Crippen molar-refractivity contribution in [1.29, 1.82) is 0 Å². The number of carbonyl (C=O) groups excluding carboxylic acids is 2. The van der Waals surface area contributed by atoms with Crippen LogP contribution in [0.4, 0.5) is 10.1 Å². The molecule has 1 aromatic heterocycles. The van der Waals surface area contributed by atoms with Gasteiger partial charge in [-0.1, -0.05) is 30.3 Å². The lowest BCUT2D eigenvalue weighted by atomic mass is 9.93. The van der Waals surface area contributed by atoms with Crippen molar-refractivity contribution in [3.8, 4) is 0 Å². The molecule has 0 fully saturated rings. The van der Waals surface area contributed by atoms with Crippen LogP contribution in [0.15, 0.2) is 71.3 Å². The van der Waals surface area contributed by atoms with Crippen LogP contribution in [0.5, 0.6) is 0 Å². The Morgan fingerprint density at radius 1 is 1.10 bits per heavy atom. The number of aryl methyl sites for hydroxylation is 1. The Labute approximate surface area is 171 Å². The number of halogens is 1. The molecule has 5 rings (SSSR count). The molecule has 1 atom stereocenters. The largest absolute Gasteiger partial charge is 0.463 e. The van der Waals surface area contributed by atoms with Gasteiger partial charge < -0.3 is 15.1 Å². The van der Waals surface area contributed by atoms with E-state index in [1.54, 1.807) is 18.2 Å². The molecule has 30 heavy (non-hydrogen) atoms. The van der Waals surface area contributed by atoms with E-state index >= 15 is 0 Å². The second-order valence-corrected chi connectivity index (χ2v) is 7.27. The number of fused-ring (bicyclic) bond motifs is 2. The van der Waals surface area contributed by atoms with Gasteiger partial charge in [0.15, 0.2) is 0 Å². The molecule has 5 nitrogen and oxygen atoms in total. The Kier molecular flexibility index (Phi) is 4.13. The van der Waals surface area contributed by atoms with E-state index in [1.165, 1.54) is 24.5 Å².